The molecular weight excluding hydrogens is 344 g/mol. The average molecular weight is 358 g/mol. The lowest BCUT2D eigenvalue weighted by Gasteiger charge is -2.14. The van der Waals surface area contributed by atoms with E-state index in [2.05, 4.69) is 4.84 Å². The van der Waals surface area contributed by atoms with Crippen LogP contribution in [-0.2, 0) is 38.6 Å². The van der Waals surface area contributed by atoms with Crippen LogP contribution in [0.3, 0.4) is 0 Å². The van der Waals surface area contributed by atoms with Crippen LogP contribution in [-0.4, -0.2) is 66.0 Å². The van der Waals surface area contributed by atoms with Gasteiger partial charge in [-0.3, -0.25) is 24.1 Å². The fraction of sp³-hybridized carbons (Fsp3) is 0.462. The number of rotatable bonds is 7. The molecule has 24 heavy (non-hydrogen) atoms. The van der Waals surface area contributed by atoms with Gasteiger partial charge in [0.15, 0.2) is 15.6 Å². The first-order valence-electron chi connectivity index (χ1n) is 7.00. The smallest absolute Gasteiger partial charge is 0.329 e. The van der Waals surface area contributed by atoms with Gasteiger partial charge in [-0.05, 0) is 6.42 Å². The van der Waals surface area contributed by atoms with Gasteiger partial charge in [0.2, 0.25) is 0 Å². The van der Waals surface area contributed by atoms with Crippen LogP contribution >= 0.6 is 0 Å². The molecular formula is C13H14N2O8S. The maximum Gasteiger partial charge on any atom is 0.348 e. The normalized spacial score (nSPS) is 18.0. The minimum Gasteiger partial charge on any atom is -0.329 e. The Bertz CT molecular complexity index is 705. The summed E-state index contributed by atoms with van der Waals surface area (Å²) in [6, 6.07) is 0. The second kappa shape index (κ2) is 6.91. The van der Waals surface area contributed by atoms with Crippen LogP contribution in [0.15, 0.2) is 12.2 Å². The van der Waals surface area contributed by atoms with Crippen molar-refractivity contribution in [1.82, 2.24) is 9.96 Å². The van der Waals surface area contributed by atoms with Crippen molar-refractivity contribution in [2.45, 2.75) is 19.3 Å². The van der Waals surface area contributed by atoms with Crippen LogP contribution < -0.4 is 0 Å². The SMILES string of the molecule is O=C(CS(=O)(=O)CCCN1C(=O)C=CC1=O)ON1C(=O)CCC1=O. The van der Waals surface area contributed by atoms with Crippen molar-refractivity contribution in [3.8, 4) is 0 Å². The largest absolute Gasteiger partial charge is 0.348 e. The van der Waals surface area contributed by atoms with Gasteiger partial charge in [-0.15, -0.1) is 5.06 Å². The van der Waals surface area contributed by atoms with Crippen molar-refractivity contribution in [2.24, 2.45) is 0 Å². The number of sulfone groups is 1. The van der Waals surface area contributed by atoms with Crippen molar-refractivity contribution >= 4 is 39.4 Å². The number of carbonyl (C=O) groups is 5. The minimum atomic E-state index is -3.88. The van der Waals surface area contributed by atoms with E-state index in [9.17, 15) is 32.4 Å². The van der Waals surface area contributed by atoms with Gasteiger partial charge in [0.05, 0.1) is 5.75 Å². The van der Waals surface area contributed by atoms with Gasteiger partial charge in [-0.1, -0.05) is 0 Å². The summed E-state index contributed by atoms with van der Waals surface area (Å²) in [7, 11) is -3.88. The summed E-state index contributed by atoms with van der Waals surface area (Å²) in [6.07, 6.45) is 1.93. The molecule has 2 rings (SSSR count). The summed E-state index contributed by atoms with van der Waals surface area (Å²) < 4.78 is 23.6. The van der Waals surface area contributed by atoms with E-state index in [4.69, 9.17) is 0 Å². The molecule has 0 aromatic heterocycles. The Morgan fingerprint density at radius 2 is 1.58 bits per heavy atom. The number of hydrogen-bond donors (Lipinski definition) is 0. The van der Waals surface area contributed by atoms with E-state index >= 15 is 0 Å². The van der Waals surface area contributed by atoms with Crippen molar-refractivity contribution in [2.75, 3.05) is 18.1 Å². The summed E-state index contributed by atoms with van der Waals surface area (Å²) >= 11 is 0. The average Bonchev–Trinajstić information content (AvgIpc) is 2.96. The topological polar surface area (TPSA) is 135 Å². The Morgan fingerprint density at radius 3 is 2.12 bits per heavy atom. The Kier molecular flexibility index (Phi) is 5.12. The highest BCUT2D eigenvalue weighted by atomic mass is 32.2. The molecule has 0 atom stereocenters. The van der Waals surface area contributed by atoms with E-state index in [0.717, 1.165) is 17.1 Å². The maximum atomic E-state index is 11.8. The highest BCUT2D eigenvalue weighted by Gasteiger charge is 2.34. The fourth-order valence-electron chi connectivity index (χ4n) is 2.13. The highest BCUT2D eigenvalue weighted by Crippen LogP contribution is 2.12. The number of hydrogen-bond acceptors (Lipinski definition) is 8. The molecule has 4 amide bonds. The van der Waals surface area contributed by atoms with Crippen LogP contribution in [0, 0.1) is 0 Å². The third kappa shape index (κ3) is 4.25. The zero-order valence-electron chi connectivity index (χ0n) is 12.5. The summed E-state index contributed by atoms with van der Waals surface area (Å²) in [5.41, 5.74) is 0. The lowest BCUT2D eigenvalue weighted by Crippen LogP contribution is -2.35. The summed E-state index contributed by atoms with van der Waals surface area (Å²) in [6.45, 7) is -0.0952. The number of imide groups is 2. The molecule has 0 aliphatic carbocycles. The predicted molar refractivity (Wildman–Crippen MR) is 76.3 cm³/mol. The van der Waals surface area contributed by atoms with Crippen LogP contribution in [0.5, 0.6) is 0 Å². The van der Waals surface area contributed by atoms with Gasteiger partial charge in [-0.2, -0.15) is 0 Å². The first-order valence-corrected chi connectivity index (χ1v) is 8.82. The van der Waals surface area contributed by atoms with E-state index in [1.54, 1.807) is 0 Å². The molecule has 0 spiro atoms. The molecule has 0 unspecified atom stereocenters. The predicted octanol–water partition coefficient (Wildman–Crippen LogP) is -1.68. The lowest BCUT2D eigenvalue weighted by atomic mass is 10.4. The van der Waals surface area contributed by atoms with Crippen molar-refractivity contribution < 1.29 is 37.2 Å². The van der Waals surface area contributed by atoms with Crippen molar-refractivity contribution in [3.05, 3.63) is 12.2 Å². The molecule has 0 aromatic rings. The molecule has 2 heterocycles. The number of amides is 4. The van der Waals surface area contributed by atoms with Crippen LogP contribution in [0.4, 0.5) is 0 Å². The third-order valence-corrected chi connectivity index (χ3v) is 4.86. The van der Waals surface area contributed by atoms with Crippen molar-refractivity contribution in [1.29, 1.82) is 0 Å². The first kappa shape index (κ1) is 17.8. The maximum absolute atomic E-state index is 11.8. The fourth-order valence-corrected chi connectivity index (χ4v) is 3.26. The van der Waals surface area contributed by atoms with Gasteiger partial charge >= 0.3 is 5.97 Å². The minimum absolute atomic E-state index is 0.0453. The quantitative estimate of drug-likeness (QED) is 0.493. The third-order valence-electron chi connectivity index (χ3n) is 3.27. The zero-order valence-corrected chi connectivity index (χ0v) is 13.3. The molecule has 11 heteroatoms. The summed E-state index contributed by atoms with van der Waals surface area (Å²) in [5.74, 6) is -5.17. The number of carbonyl (C=O) groups excluding carboxylic acids is 5. The van der Waals surface area contributed by atoms with Gasteiger partial charge < -0.3 is 4.84 Å². The molecule has 2 aliphatic heterocycles. The first-order chi connectivity index (χ1) is 11.2. The van der Waals surface area contributed by atoms with E-state index in [1.165, 1.54) is 0 Å². The number of hydroxylamine groups is 2. The summed E-state index contributed by atoms with van der Waals surface area (Å²) in [4.78, 5) is 62.0. The van der Waals surface area contributed by atoms with Gasteiger partial charge in [0.1, 0.15) is 0 Å². The molecule has 2 aliphatic rings. The molecule has 10 nitrogen and oxygen atoms in total. The van der Waals surface area contributed by atoms with E-state index in [1.807, 2.05) is 0 Å². The molecule has 0 aromatic carbocycles. The van der Waals surface area contributed by atoms with E-state index in [0.29, 0.717) is 0 Å². The lowest BCUT2D eigenvalue weighted by molar-refractivity contribution is -0.195. The molecule has 1 fully saturated rings. The van der Waals surface area contributed by atoms with Gasteiger partial charge in [0, 0.05) is 31.5 Å². The van der Waals surface area contributed by atoms with Crippen LogP contribution in [0.25, 0.3) is 0 Å². The van der Waals surface area contributed by atoms with E-state index in [-0.39, 0.29) is 30.9 Å². The molecule has 0 radical (unpaired) electrons. The Morgan fingerprint density at radius 1 is 1.04 bits per heavy atom. The highest BCUT2D eigenvalue weighted by molar-refractivity contribution is 7.92. The summed E-state index contributed by atoms with van der Waals surface area (Å²) in [5, 5.41) is 0.269. The second-order valence-corrected chi connectivity index (χ2v) is 7.34. The van der Waals surface area contributed by atoms with Gasteiger partial charge in [0.25, 0.3) is 23.6 Å². The number of nitrogens with zero attached hydrogens (tertiary/aromatic N) is 2. The standard InChI is InChI=1S/C13H14N2O8S/c16-9-2-3-10(17)14(9)6-1-7-24(21,22)8-13(20)23-15-11(18)4-5-12(15)19/h2-3H,1,4-8H2. The Balaban J connectivity index is 1.79. The zero-order chi connectivity index (χ0) is 17.9. The van der Waals surface area contributed by atoms with Crippen LogP contribution in [0.1, 0.15) is 19.3 Å². The van der Waals surface area contributed by atoms with Crippen LogP contribution in [0.2, 0.25) is 0 Å². The van der Waals surface area contributed by atoms with E-state index < -0.39 is 50.9 Å². The monoisotopic (exact) mass is 358 g/mol. The molecule has 0 bridgehead atoms. The Labute approximate surface area is 136 Å². The Hall–Kier alpha value is -2.56. The molecule has 0 N–H and O–H groups in total. The van der Waals surface area contributed by atoms with Gasteiger partial charge in [-0.25, -0.2) is 13.2 Å². The molecule has 1 saturated heterocycles. The second-order valence-electron chi connectivity index (χ2n) is 5.15. The molecule has 130 valence electrons. The molecule has 0 saturated carbocycles. The van der Waals surface area contributed by atoms with Crippen molar-refractivity contribution in [3.63, 3.8) is 0 Å².